The van der Waals surface area contributed by atoms with Crippen LogP contribution >= 0.6 is 0 Å². The number of guanidine groups is 1. The number of phenolic OH excluding ortho intramolecular Hbond substituents is 1. The van der Waals surface area contributed by atoms with Gasteiger partial charge in [-0.25, -0.2) is 5.48 Å². The number of carbonyl (C=O) groups excluding carboxylic acids is 5. The van der Waals surface area contributed by atoms with Gasteiger partial charge in [-0.05, 0) is 43.4 Å². The van der Waals surface area contributed by atoms with Crippen molar-refractivity contribution in [2.24, 2.45) is 16.5 Å². The molecule has 0 radical (unpaired) electrons. The molecule has 0 saturated carbocycles. The van der Waals surface area contributed by atoms with Crippen LogP contribution in [0.1, 0.15) is 38.2 Å². The zero-order chi connectivity index (χ0) is 28.9. The Morgan fingerprint density at radius 3 is 2.41 bits per heavy atom. The average molecular weight is 549 g/mol. The first-order valence-corrected chi connectivity index (χ1v) is 12.4. The number of nitrogens with one attached hydrogen (secondary N) is 4. The number of carbonyl (C=O) groups is 5. The molecule has 1 aromatic carbocycles. The zero-order valence-electron chi connectivity index (χ0n) is 21.7. The summed E-state index contributed by atoms with van der Waals surface area (Å²) in [5, 5.41) is 26.0. The normalized spacial score (nSPS) is 15.9. The maximum atomic E-state index is 13.2. The number of hydrogen-bond donors (Lipinski definition) is 8. The van der Waals surface area contributed by atoms with Crippen molar-refractivity contribution >= 4 is 35.5 Å². The Kier molecular flexibility index (Phi) is 11.9. The van der Waals surface area contributed by atoms with Crippen molar-refractivity contribution < 1.29 is 34.3 Å². The fraction of sp³-hybridized carbons (Fsp3) is 0.500. The molecular formula is C24H36N8O7. The molecule has 3 atom stereocenters. The highest BCUT2D eigenvalue weighted by atomic mass is 16.5. The van der Waals surface area contributed by atoms with Crippen LogP contribution in [0.3, 0.4) is 0 Å². The fourth-order valence-electron chi connectivity index (χ4n) is 4.20. The second-order valence-electron chi connectivity index (χ2n) is 9.08. The van der Waals surface area contributed by atoms with Crippen LogP contribution in [0.15, 0.2) is 29.3 Å². The van der Waals surface area contributed by atoms with Crippen LogP contribution in [-0.2, 0) is 30.4 Å². The Morgan fingerprint density at radius 2 is 1.79 bits per heavy atom. The van der Waals surface area contributed by atoms with Gasteiger partial charge in [0.1, 0.15) is 23.9 Å². The molecule has 1 saturated heterocycles. The molecule has 1 aliphatic heterocycles. The van der Waals surface area contributed by atoms with Crippen LogP contribution < -0.4 is 32.9 Å². The van der Waals surface area contributed by atoms with Gasteiger partial charge < -0.3 is 37.4 Å². The lowest BCUT2D eigenvalue weighted by atomic mass is 10.1. The summed E-state index contributed by atoms with van der Waals surface area (Å²) in [6, 6.07) is 3.09. The van der Waals surface area contributed by atoms with E-state index in [0.29, 0.717) is 31.4 Å². The van der Waals surface area contributed by atoms with E-state index in [1.54, 1.807) is 12.1 Å². The van der Waals surface area contributed by atoms with Crippen molar-refractivity contribution in [3.63, 3.8) is 0 Å². The smallest absolute Gasteiger partial charge is 0.266 e. The van der Waals surface area contributed by atoms with Gasteiger partial charge in [-0.3, -0.25) is 34.2 Å². The van der Waals surface area contributed by atoms with Crippen LogP contribution in [0, 0.1) is 0 Å². The molecule has 0 unspecified atom stereocenters. The lowest BCUT2D eigenvalue weighted by Gasteiger charge is -2.28. The summed E-state index contributed by atoms with van der Waals surface area (Å²) in [6.07, 6.45) is 1.63. The van der Waals surface area contributed by atoms with E-state index >= 15 is 0 Å². The van der Waals surface area contributed by atoms with Gasteiger partial charge in [0.15, 0.2) is 5.96 Å². The van der Waals surface area contributed by atoms with E-state index in [1.165, 1.54) is 29.4 Å². The zero-order valence-corrected chi connectivity index (χ0v) is 21.7. The molecule has 1 fully saturated rings. The summed E-state index contributed by atoms with van der Waals surface area (Å²) >= 11 is 0. The first-order chi connectivity index (χ1) is 18.5. The standard InChI is InChI=1S/C24H36N8O7/c1-14(33)29-17(4-2-10-27-24(25)26)23(38)32-11-3-5-19(32)22(37)28-13-20(35)30-18(21(36)31-39)12-15-6-8-16(34)9-7-15/h6-9,17-19,34,39H,2-5,10-13H2,1H3,(H,28,37)(H,29,33)(H,30,35)(H,31,36)(H4,25,26,27)/t17-,18-,19-/m0/s1. The van der Waals surface area contributed by atoms with E-state index in [9.17, 15) is 29.1 Å². The minimum Gasteiger partial charge on any atom is -0.508 e. The molecule has 10 N–H and O–H groups in total. The van der Waals surface area contributed by atoms with Crippen LogP contribution in [0.25, 0.3) is 0 Å². The van der Waals surface area contributed by atoms with Gasteiger partial charge in [0.25, 0.3) is 5.91 Å². The maximum absolute atomic E-state index is 13.2. The molecule has 0 aromatic heterocycles. The van der Waals surface area contributed by atoms with Gasteiger partial charge in [-0.2, -0.15) is 0 Å². The predicted octanol–water partition coefficient (Wildman–Crippen LogP) is -2.41. The van der Waals surface area contributed by atoms with Crippen LogP contribution in [0.2, 0.25) is 0 Å². The molecule has 214 valence electrons. The van der Waals surface area contributed by atoms with Crippen molar-refractivity contribution in [2.45, 2.75) is 57.2 Å². The van der Waals surface area contributed by atoms with Crippen molar-refractivity contribution in [2.75, 3.05) is 19.6 Å². The molecule has 0 spiro atoms. The van der Waals surface area contributed by atoms with Crippen molar-refractivity contribution in [3.8, 4) is 5.75 Å². The lowest BCUT2D eigenvalue weighted by molar-refractivity contribution is -0.141. The fourth-order valence-corrected chi connectivity index (χ4v) is 4.20. The van der Waals surface area contributed by atoms with Crippen molar-refractivity contribution in [1.29, 1.82) is 0 Å². The number of hydrogen-bond acceptors (Lipinski definition) is 8. The highest BCUT2D eigenvalue weighted by molar-refractivity contribution is 5.94. The molecule has 5 amide bonds. The lowest BCUT2D eigenvalue weighted by Crippen LogP contribution is -2.54. The average Bonchev–Trinajstić information content (AvgIpc) is 3.38. The number of nitrogens with two attached hydrogens (primary N) is 2. The summed E-state index contributed by atoms with van der Waals surface area (Å²) < 4.78 is 0. The Morgan fingerprint density at radius 1 is 1.10 bits per heavy atom. The van der Waals surface area contributed by atoms with E-state index in [0.717, 1.165) is 0 Å². The van der Waals surface area contributed by atoms with Gasteiger partial charge in [0, 0.05) is 26.4 Å². The number of phenols is 1. The highest BCUT2D eigenvalue weighted by Gasteiger charge is 2.37. The molecule has 1 aliphatic rings. The molecular weight excluding hydrogens is 512 g/mol. The summed E-state index contributed by atoms with van der Waals surface area (Å²) in [5.41, 5.74) is 12.7. The second kappa shape index (κ2) is 15.1. The van der Waals surface area contributed by atoms with Crippen molar-refractivity contribution in [1.82, 2.24) is 26.3 Å². The van der Waals surface area contributed by atoms with Crippen LogP contribution in [0.5, 0.6) is 5.75 Å². The first kappa shape index (κ1) is 30.8. The van der Waals surface area contributed by atoms with E-state index < -0.39 is 54.2 Å². The highest BCUT2D eigenvalue weighted by Crippen LogP contribution is 2.20. The van der Waals surface area contributed by atoms with E-state index in [4.69, 9.17) is 16.7 Å². The first-order valence-electron chi connectivity index (χ1n) is 12.4. The third-order valence-electron chi connectivity index (χ3n) is 6.02. The Balaban J connectivity index is 1.96. The summed E-state index contributed by atoms with van der Waals surface area (Å²) in [4.78, 5) is 67.5. The molecule has 0 bridgehead atoms. The quantitative estimate of drug-likeness (QED) is 0.0430. The third kappa shape index (κ3) is 10.1. The van der Waals surface area contributed by atoms with Gasteiger partial charge in [-0.15, -0.1) is 0 Å². The number of aliphatic imine (C=N–C) groups is 1. The van der Waals surface area contributed by atoms with Crippen LogP contribution in [-0.4, -0.2) is 88.5 Å². The van der Waals surface area contributed by atoms with Crippen LogP contribution in [0.4, 0.5) is 0 Å². The molecule has 2 rings (SSSR count). The second-order valence-corrected chi connectivity index (χ2v) is 9.08. The van der Waals surface area contributed by atoms with Crippen molar-refractivity contribution in [3.05, 3.63) is 29.8 Å². The molecule has 15 heteroatoms. The number of aromatic hydroxyl groups is 1. The molecule has 1 aromatic rings. The van der Waals surface area contributed by atoms with Gasteiger partial charge >= 0.3 is 0 Å². The minimum atomic E-state index is -1.15. The van der Waals surface area contributed by atoms with E-state index in [2.05, 4.69) is 20.9 Å². The van der Waals surface area contributed by atoms with E-state index in [1.807, 2.05) is 0 Å². The number of nitrogens with zero attached hydrogens (tertiary/aromatic N) is 2. The largest absolute Gasteiger partial charge is 0.508 e. The Bertz CT molecular complexity index is 1060. The molecule has 39 heavy (non-hydrogen) atoms. The predicted molar refractivity (Wildman–Crippen MR) is 139 cm³/mol. The summed E-state index contributed by atoms with van der Waals surface area (Å²) in [5.74, 6) is -2.99. The topological polar surface area (TPSA) is 242 Å². The number of rotatable bonds is 13. The molecule has 0 aliphatic carbocycles. The molecule has 15 nitrogen and oxygen atoms in total. The number of likely N-dealkylation sites (tertiary alicyclic amines) is 1. The van der Waals surface area contributed by atoms with Gasteiger partial charge in [0.05, 0.1) is 6.54 Å². The summed E-state index contributed by atoms with van der Waals surface area (Å²) in [7, 11) is 0. The van der Waals surface area contributed by atoms with Gasteiger partial charge in [0.2, 0.25) is 23.6 Å². The molecule has 1 heterocycles. The maximum Gasteiger partial charge on any atom is 0.266 e. The number of amides is 5. The number of hydroxylamine groups is 1. The third-order valence-corrected chi connectivity index (χ3v) is 6.02. The minimum absolute atomic E-state index is 0.0188. The Labute approximate surface area is 225 Å². The Hall–Kier alpha value is -4.40. The number of benzene rings is 1. The van der Waals surface area contributed by atoms with Gasteiger partial charge in [-0.1, -0.05) is 12.1 Å². The monoisotopic (exact) mass is 548 g/mol. The summed E-state index contributed by atoms with van der Waals surface area (Å²) in [6.45, 7) is 1.39. The SMILES string of the molecule is CC(=O)N[C@@H](CCCN=C(N)N)C(=O)N1CCC[C@H]1C(=O)NCC(=O)N[C@@H](Cc1ccc(O)cc1)C(=O)NO. The van der Waals surface area contributed by atoms with E-state index in [-0.39, 0.29) is 31.1 Å².